The second-order valence-corrected chi connectivity index (χ2v) is 11.4. The van der Waals surface area contributed by atoms with E-state index in [1.54, 1.807) is 12.1 Å². The topological polar surface area (TPSA) is 77.5 Å². The number of likely N-dealkylation sites (tertiary alicyclic amines) is 1. The Morgan fingerprint density at radius 3 is 2.11 bits per heavy atom. The van der Waals surface area contributed by atoms with Gasteiger partial charge in [-0.15, -0.1) is 0 Å². The van der Waals surface area contributed by atoms with Crippen LogP contribution in [-0.2, 0) is 0 Å². The summed E-state index contributed by atoms with van der Waals surface area (Å²) < 4.78 is 22.9. The molecule has 0 spiro atoms. The number of ether oxygens (including phenoxy) is 4. The molecule has 2 heterocycles. The van der Waals surface area contributed by atoms with Crippen molar-refractivity contribution in [1.29, 1.82) is 0 Å². The van der Waals surface area contributed by atoms with Crippen LogP contribution in [0.4, 0.5) is 0 Å². The van der Waals surface area contributed by atoms with Gasteiger partial charge >= 0.3 is 5.97 Å². The summed E-state index contributed by atoms with van der Waals surface area (Å²) in [6.07, 6.45) is 3.88. The third-order valence-electron chi connectivity index (χ3n) is 8.24. The van der Waals surface area contributed by atoms with E-state index in [0.29, 0.717) is 23.6 Å². The molecular weight excluding hydrogens is 566 g/mol. The highest BCUT2D eigenvalue weighted by molar-refractivity contribution is 5.99. The average molecular weight is 606 g/mol. The number of carbonyl (C=O) groups is 1. The van der Waals surface area contributed by atoms with Gasteiger partial charge in [0.2, 0.25) is 6.79 Å². The largest absolute Gasteiger partial charge is 0.491 e. The molecule has 7 heteroatoms. The fraction of sp³-hybridized carbons (Fsp3) is 0.289. The minimum absolute atomic E-state index is 0.216. The van der Waals surface area contributed by atoms with E-state index in [1.165, 1.54) is 19.3 Å². The zero-order valence-corrected chi connectivity index (χ0v) is 25.6. The van der Waals surface area contributed by atoms with Crippen molar-refractivity contribution in [3.8, 4) is 23.0 Å². The molecule has 1 saturated heterocycles. The second-order valence-electron chi connectivity index (χ2n) is 11.4. The number of benzene rings is 4. The van der Waals surface area contributed by atoms with Crippen molar-refractivity contribution < 1.29 is 28.8 Å². The quantitative estimate of drug-likeness (QED) is 0.110. The first-order valence-electron chi connectivity index (χ1n) is 15.7. The van der Waals surface area contributed by atoms with Gasteiger partial charge in [0.05, 0.1) is 5.56 Å². The Bertz CT molecular complexity index is 1610. The van der Waals surface area contributed by atoms with E-state index in [9.17, 15) is 9.90 Å². The standard InChI is InChI=1S/C38H39NO6/c1-2-34(30-15-20-35-36(23-30)44-26-43-35)37(28-13-18-33(19-14-28)45-38(41)29-9-5-3-6-10-29)27-11-16-32(17-12-27)42-25-31(40)24-39-21-7-4-8-22-39/h3,5-6,9-20,23,31,40H,2,4,7-8,21-22,24-26H2,1H3/b37-34+. The maximum absolute atomic E-state index is 12.6. The van der Waals surface area contributed by atoms with E-state index < -0.39 is 12.1 Å². The number of allylic oxidation sites excluding steroid dienone is 1. The lowest BCUT2D eigenvalue weighted by Gasteiger charge is -2.28. The normalized spacial score (nSPS) is 15.7. The van der Waals surface area contributed by atoms with Gasteiger partial charge in [-0.3, -0.25) is 0 Å². The molecule has 0 saturated carbocycles. The van der Waals surface area contributed by atoms with Gasteiger partial charge in [-0.25, -0.2) is 4.79 Å². The summed E-state index contributed by atoms with van der Waals surface area (Å²) in [5.74, 6) is 2.25. The fourth-order valence-electron chi connectivity index (χ4n) is 5.96. The van der Waals surface area contributed by atoms with Gasteiger partial charge in [0.25, 0.3) is 0 Å². The highest BCUT2D eigenvalue weighted by atomic mass is 16.7. The zero-order chi connectivity index (χ0) is 31.0. The zero-order valence-electron chi connectivity index (χ0n) is 25.6. The van der Waals surface area contributed by atoms with Gasteiger partial charge in [-0.2, -0.15) is 0 Å². The van der Waals surface area contributed by atoms with E-state index in [4.69, 9.17) is 18.9 Å². The molecule has 1 N–H and O–H groups in total. The van der Waals surface area contributed by atoms with Crippen molar-refractivity contribution in [3.63, 3.8) is 0 Å². The second kappa shape index (κ2) is 14.5. The summed E-state index contributed by atoms with van der Waals surface area (Å²) >= 11 is 0. The molecule has 2 aliphatic heterocycles. The molecule has 4 aromatic carbocycles. The van der Waals surface area contributed by atoms with Crippen LogP contribution in [0.1, 0.15) is 59.7 Å². The summed E-state index contributed by atoms with van der Waals surface area (Å²) in [6.45, 7) is 5.32. The number of hydrogen-bond donors (Lipinski definition) is 1. The smallest absolute Gasteiger partial charge is 0.343 e. The number of hydrogen-bond acceptors (Lipinski definition) is 7. The first-order chi connectivity index (χ1) is 22.1. The Morgan fingerprint density at radius 1 is 0.778 bits per heavy atom. The third kappa shape index (κ3) is 7.56. The summed E-state index contributed by atoms with van der Waals surface area (Å²) in [7, 11) is 0. The average Bonchev–Trinajstić information content (AvgIpc) is 3.56. The molecule has 7 nitrogen and oxygen atoms in total. The van der Waals surface area contributed by atoms with Crippen LogP contribution in [0.5, 0.6) is 23.0 Å². The summed E-state index contributed by atoms with van der Waals surface area (Å²) in [4.78, 5) is 14.9. The first kappa shape index (κ1) is 30.4. The van der Waals surface area contributed by atoms with Crippen molar-refractivity contribution in [2.75, 3.05) is 33.0 Å². The molecule has 0 radical (unpaired) electrons. The van der Waals surface area contributed by atoms with Crippen molar-refractivity contribution in [2.45, 2.75) is 38.7 Å². The predicted octanol–water partition coefficient (Wildman–Crippen LogP) is 7.23. The Kier molecular flexibility index (Phi) is 9.78. The SMILES string of the molecule is CC/C(=C(/c1ccc(OCC(O)CN2CCCCC2)cc1)c1ccc(OC(=O)c2ccccc2)cc1)c1ccc2c(c1)OCO2. The van der Waals surface area contributed by atoms with Gasteiger partial charge in [-0.05, 0) is 109 Å². The van der Waals surface area contributed by atoms with Crippen LogP contribution in [0.2, 0.25) is 0 Å². The predicted molar refractivity (Wildman–Crippen MR) is 175 cm³/mol. The van der Waals surface area contributed by atoms with Gasteiger partial charge in [0.15, 0.2) is 11.5 Å². The molecule has 1 fully saturated rings. The fourth-order valence-corrected chi connectivity index (χ4v) is 5.96. The maximum atomic E-state index is 12.6. The molecule has 0 amide bonds. The molecule has 0 aromatic heterocycles. The van der Waals surface area contributed by atoms with Gasteiger partial charge in [0, 0.05) is 6.54 Å². The number of piperidine rings is 1. The van der Waals surface area contributed by atoms with E-state index in [0.717, 1.165) is 58.8 Å². The van der Waals surface area contributed by atoms with Gasteiger partial charge in [-0.1, -0.05) is 61.9 Å². The molecule has 232 valence electrons. The Hall–Kier alpha value is -4.59. The number of aliphatic hydroxyl groups excluding tert-OH is 1. The highest BCUT2D eigenvalue weighted by Gasteiger charge is 2.19. The number of fused-ring (bicyclic) bond motifs is 1. The van der Waals surface area contributed by atoms with Crippen molar-refractivity contribution in [1.82, 2.24) is 4.90 Å². The summed E-state index contributed by atoms with van der Waals surface area (Å²) in [5.41, 5.74) is 5.72. The lowest BCUT2D eigenvalue weighted by atomic mass is 9.88. The molecule has 1 atom stereocenters. The van der Waals surface area contributed by atoms with Crippen LogP contribution in [-0.4, -0.2) is 55.1 Å². The maximum Gasteiger partial charge on any atom is 0.343 e. The number of rotatable bonds is 11. The first-order valence-corrected chi connectivity index (χ1v) is 15.7. The van der Waals surface area contributed by atoms with Crippen molar-refractivity contribution in [2.24, 2.45) is 0 Å². The van der Waals surface area contributed by atoms with Gasteiger partial charge < -0.3 is 29.0 Å². The highest BCUT2D eigenvalue weighted by Crippen LogP contribution is 2.40. The summed E-state index contributed by atoms with van der Waals surface area (Å²) in [6, 6.07) is 30.6. The molecule has 6 rings (SSSR count). The monoisotopic (exact) mass is 605 g/mol. The lowest BCUT2D eigenvalue weighted by Crippen LogP contribution is -2.38. The van der Waals surface area contributed by atoms with Crippen LogP contribution < -0.4 is 18.9 Å². The van der Waals surface area contributed by atoms with E-state index in [-0.39, 0.29) is 13.4 Å². The minimum atomic E-state index is -0.537. The van der Waals surface area contributed by atoms with E-state index >= 15 is 0 Å². The van der Waals surface area contributed by atoms with E-state index in [1.807, 2.05) is 78.9 Å². The van der Waals surface area contributed by atoms with E-state index in [2.05, 4.69) is 17.9 Å². The molecule has 2 aliphatic rings. The van der Waals surface area contributed by atoms with Crippen molar-refractivity contribution in [3.05, 3.63) is 119 Å². The number of β-amino-alcohol motifs (C(OH)–C–C–N with tert-alkyl or cyclic N) is 1. The van der Waals surface area contributed by atoms with Crippen LogP contribution in [0.3, 0.4) is 0 Å². The molecule has 45 heavy (non-hydrogen) atoms. The van der Waals surface area contributed by atoms with Crippen LogP contribution in [0.25, 0.3) is 11.1 Å². The lowest BCUT2D eigenvalue weighted by molar-refractivity contribution is 0.0617. The van der Waals surface area contributed by atoms with Gasteiger partial charge in [0.1, 0.15) is 24.2 Å². The Labute approximate surface area is 264 Å². The minimum Gasteiger partial charge on any atom is -0.491 e. The molecule has 0 aliphatic carbocycles. The molecule has 4 aromatic rings. The summed E-state index contributed by atoms with van der Waals surface area (Å²) in [5, 5.41) is 10.6. The molecule has 1 unspecified atom stereocenters. The number of carbonyl (C=O) groups excluding carboxylic acids is 1. The number of aliphatic hydroxyl groups is 1. The number of nitrogens with zero attached hydrogens (tertiary/aromatic N) is 1. The number of esters is 1. The van der Waals surface area contributed by atoms with Crippen LogP contribution >= 0.6 is 0 Å². The third-order valence-corrected chi connectivity index (χ3v) is 8.24. The van der Waals surface area contributed by atoms with Crippen LogP contribution in [0.15, 0.2) is 97.1 Å². The molecular formula is C38H39NO6. The Morgan fingerprint density at radius 2 is 1.42 bits per heavy atom. The van der Waals surface area contributed by atoms with Crippen LogP contribution in [0, 0.1) is 0 Å². The Balaban J connectivity index is 1.25. The molecule has 0 bridgehead atoms. The van der Waals surface area contributed by atoms with Crippen molar-refractivity contribution >= 4 is 17.1 Å².